The van der Waals surface area contributed by atoms with E-state index in [-0.39, 0.29) is 5.97 Å². The van der Waals surface area contributed by atoms with Crippen LogP contribution >= 0.6 is 22.9 Å². The van der Waals surface area contributed by atoms with E-state index in [1.807, 2.05) is 19.1 Å². The van der Waals surface area contributed by atoms with Gasteiger partial charge in [0.2, 0.25) is 0 Å². The van der Waals surface area contributed by atoms with Gasteiger partial charge >= 0.3 is 5.97 Å². The minimum absolute atomic E-state index is 0.291. The van der Waals surface area contributed by atoms with Gasteiger partial charge in [-0.3, -0.25) is 0 Å². The molecule has 0 radical (unpaired) electrons. The summed E-state index contributed by atoms with van der Waals surface area (Å²) in [4.78, 5) is 22.9. The molecule has 0 bridgehead atoms. The van der Waals surface area contributed by atoms with Crippen molar-refractivity contribution in [1.29, 1.82) is 0 Å². The number of carbonyl (C=O) groups excluding carboxylic acids is 1. The Balaban J connectivity index is 1.53. The number of fused-ring (bicyclic) bond motifs is 3. The molecule has 1 aromatic carbocycles. The van der Waals surface area contributed by atoms with Crippen molar-refractivity contribution in [3.8, 4) is 0 Å². The molecule has 1 aliphatic rings. The zero-order valence-corrected chi connectivity index (χ0v) is 16.9. The highest BCUT2D eigenvalue weighted by atomic mass is 35.5. The molecule has 0 spiro atoms. The molecule has 1 saturated carbocycles. The summed E-state index contributed by atoms with van der Waals surface area (Å²) in [6.45, 7) is 4.06. The molecule has 1 fully saturated rings. The van der Waals surface area contributed by atoms with E-state index in [2.05, 4.69) is 22.2 Å². The van der Waals surface area contributed by atoms with Crippen LogP contribution in [0.2, 0.25) is 5.02 Å². The maximum absolute atomic E-state index is 12.2. The highest BCUT2D eigenvalue weighted by Crippen LogP contribution is 2.53. The first kappa shape index (κ1) is 17.6. The Hall–Kier alpha value is -2.51. The number of carbonyl (C=O) groups is 1. The largest absolute Gasteiger partial charge is 0.462 e. The van der Waals surface area contributed by atoms with Gasteiger partial charge in [0.15, 0.2) is 11.5 Å². The van der Waals surface area contributed by atoms with E-state index in [4.69, 9.17) is 21.3 Å². The minimum Gasteiger partial charge on any atom is -0.462 e. The molecule has 8 heteroatoms. The molecule has 0 aliphatic heterocycles. The van der Waals surface area contributed by atoms with Crippen molar-refractivity contribution in [2.45, 2.75) is 32.1 Å². The maximum Gasteiger partial charge on any atom is 0.348 e. The number of esters is 1. The molecule has 3 aromatic heterocycles. The van der Waals surface area contributed by atoms with Gasteiger partial charge < -0.3 is 4.74 Å². The van der Waals surface area contributed by atoms with Crippen LogP contribution in [0.5, 0.6) is 0 Å². The van der Waals surface area contributed by atoms with E-state index in [9.17, 15) is 4.79 Å². The van der Waals surface area contributed by atoms with Gasteiger partial charge in [0.25, 0.3) is 0 Å². The van der Waals surface area contributed by atoms with Crippen molar-refractivity contribution in [2.75, 3.05) is 6.61 Å². The molecule has 5 rings (SSSR count). The number of ether oxygens (including phenoxy) is 1. The van der Waals surface area contributed by atoms with E-state index in [0.717, 1.165) is 38.7 Å². The Morgan fingerprint density at radius 1 is 1.32 bits per heavy atom. The number of thiophene rings is 1. The first-order valence-electron chi connectivity index (χ1n) is 9.13. The van der Waals surface area contributed by atoms with Crippen molar-refractivity contribution in [1.82, 2.24) is 19.6 Å². The Morgan fingerprint density at radius 2 is 2.11 bits per heavy atom. The van der Waals surface area contributed by atoms with E-state index in [1.54, 1.807) is 17.8 Å². The number of benzene rings is 1. The average Bonchev–Trinajstić information content (AvgIpc) is 3.24. The Bertz CT molecular complexity index is 1210. The normalized spacial score (nSPS) is 18.7. The molecule has 3 heterocycles. The van der Waals surface area contributed by atoms with Crippen LogP contribution in [0.4, 0.5) is 0 Å². The summed E-state index contributed by atoms with van der Waals surface area (Å²) in [7, 11) is 0. The van der Waals surface area contributed by atoms with Gasteiger partial charge in [-0.25, -0.2) is 19.3 Å². The van der Waals surface area contributed by atoms with E-state index in [0.29, 0.717) is 23.3 Å². The van der Waals surface area contributed by atoms with Gasteiger partial charge in [0.05, 0.1) is 12.0 Å². The molecule has 0 unspecified atom stereocenters. The topological polar surface area (TPSA) is 69.4 Å². The first-order valence-corrected chi connectivity index (χ1v) is 10.3. The molecular weight excluding hydrogens is 396 g/mol. The molecule has 4 aromatic rings. The minimum atomic E-state index is -0.314. The third-order valence-corrected chi connectivity index (χ3v) is 6.60. The summed E-state index contributed by atoms with van der Waals surface area (Å²) in [5, 5.41) is 6.27. The number of rotatable bonds is 4. The zero-order chi connectivity index (χ0) is 19.4. The molecule has 1 aliphatic carbocycles. The molecule has 0 saturated heterocycles. The lowest BCUT2D eigenvalue weighted by molar-refractivity contribution is 0.0531. The highest BCUT2D eigenvalue weighted by Gasteiger charge is 2.42. The van der Waals surface area contributed by atoms with Gasteiger partial charge in [-0.05, 0) is 49.4 Å². The standard InChI is InChI=1S/C20H17ClN4O2S/c1-3-27-20(26)16-10(2)15-18-23-17(24-25(18)9-22-19(15)28-16)14-8-13(14)11-4-6-12(21)7-5-11/h4-7,9,13-14H,3,8H2,1-2H3/t13-,14-/m0/s1. The van der Waals surface area contributed by atoms with E-state index >= 15 is 0 Å². The Morgan fingerprint density at radius 3 is 2.86 bits per heavy atom. The fourth-order valence-corrected chi connectivity index (χ4v) is 4.82. The smallest absolute Gasteiger partial charge is 0.348 e. The maximum atomic E-state index is 12.2. The predicted octanol–water partition coefficient (Wildman–Crippen LogP) is 4.75. The van der Waals surface area contributed by atoms with E-state index in [1.165, 1.54) is 16.9 Å². The van der Waals surface area contributed by atoms with Crippen LogP contribution in [0.3, 0.4) is 0 Å². The number of aromatic nitrogens is 4. The zero-order valence-electron chi connectivity index (χ0n) is 15.3. The van der Waals surface area contributed by atoms with Gasteiger partial charge in [-0.1, -0.05) is 23.7 Å². The van der Waals surface area contributed by atoms with Crippen LogP contribution in [0, 0.1) is 6.92 Å². The quantitative estimate of drug-likeness (QED) is 0.452. The predicted molar refractivity (Wildman–Crippen MR) is 108 cm³/mol. The second kappa shape index (κ2) is 6.53. The molecule has 0 N–H and O–H groups in total. The van der Waals surface area contributed by atoms with Crippen LogP contribution in [0.15, 0.2) is 30.6 Å². The van der Waals surface area contributed by atoms with Crippen molar-refractivity contribution in [3.63, 3.8) is 0 Å². The fraction of sp³-hybridized carbons (Fsp3) is 0.300. The Labute approximate surface area is 170 Å². The lowest BCUT2D eigenvalue weighted by Gasteiger charge is -1.99. The first-order chi connectivity index (χ1) is 13.6. The summed E-state index contributed by atoms with van der Waals surface area (Å²) in [5.74, 6) is 1.21. The van der Waals surface area contributed by atoms with Crippen LogP contribution in [0.1, 0.15) is 51.8 Å². The lowest BCUT2D eigenvalue weighted by atomic mass is 10.1. The second-order valence-corrected chi connectivity index (χ2v) is 8.38. The second-order valence-electron chi connectivity index (χ2n) is 6.94. The number of hydrogen-bond acceptors (Lipinski definition) is 6. The van der Waals surface area contributed by atoms with Crippen molar-refractivity contribution >= 4 is 44.8 Å². The average molecular weight is 413 g/mol. The summed E-state index contributed by atoms with van der Waals surface area (Å²) in [6, 6.07) is 7.97. The van der Waals surface area contributed by atoms with Crippen molar-refractivity contribution in [3.05, 3.63) is 57.4 Å². The SMILES string of the molecule is CCOC(=O)c1sc2ncn3nc([C@H]4C[C@H]4c4ccc(Cl)cc4)nc3c2c1C. The number of halogens is 1. The van der Waals surface area contributed by atoms with Crippen molar-refractivity contribution < 1.29 is 9.53 Å². The summed E-state index contributed by atoms with van der Waals surface area (Å²) in [6.07, 6.45) is 2.69. The summed E-state index contributed by atoms with van der Waals surface area (Å²) >= 11 is 7.33. The number of hydrogen-bond donors (Lipinski definition) is 0. The van der Waals surface area contributed by atoms with Gasteiger partial charge in [0, 0.05) is 10.9 Å². The van der Waals surface area contributed by atoms with Gasteiger partial charge in [-0.15, -0.1) is 16.4 Å². The molecular formula is C20H17ClN4O2S. The molecule has 0 amide bonds. The highest BCUT2D eigenvalue weighted by molar-refractivity contribution is 7.20. The summed E-state index contributed by atoms with van der Waals surface area (Å²) < 4.78 is 6.88. The molecule has 6 nitrogen and oxygen atoms in total. The van der Waals surface area contributed by atoms with Gasteiger partial charge in [-0.2, -0.15) is 0 Å². The third kappa shape index (κ3) is 2.77. The molecule has 28 heavy (non-hydrogen) atoms. The van der Waals surface area contributed by atoms with Crippen LogP contribution in [0.25, 0.3) is 15.9 Å². The monoisotopic (exact) mass is 412 g/mol. The van der Waals surface area contributed by atoms with Crippen LogP contribution in [-0.2, 0) is 4.74 Å². The number of aryl methyl sites for hydroxylation is 1. The lowest BCUT2D eigenvalue weighted by Crippen LogP contribution is -2.03. The van der Waals surface area contributed by atoms with Crippen LogP contribution < -0.4 is 0 Å². The number of nitrogens with zero attached hydrogens (tertiary/aromatic N) is 4. The molecule has 2 atom stereocenters. The van der Waals surface area contributed by atoms with Crippen molar-refractivity contribution in [2.24, 2.45) is 0 Å². The molecule has 142 valence electrons. The van der Waals surface area contributed by atoms with Crippen LogP contribution in [-0.4, -0.2) is 32.2 Å². The Kier molecular flexibility index (Phi) is 4.10. The third-order valence-electron chi connectivity index (χ3n) is 5.16. The fourth-order valence-electron chi connectivity index (χ4n) is 3.66. The summed E-state index contributed by atoms with van der Waals surface area (Å²) in [5.41, 5.74) is 2.85. The van der Waals surface area contributed by atoms with E-state index < -0.39 is 0 Å². The van der Waals surface area contributed by atoms with Gasteiger partial charge in [0.1, 0.15) is 16.0 Å².